The summed E-state index contributed by atoms with van der Waals surface area (Å²) >= 11 is 1.50. The molecule has 5 nitrogen and oxygen atoms in total. The van der Waals surface area contributed by atoms with Crippen molar-refractivity contribution in [1.82, 2.24) is 4.31 Å². The molecule has 0 unspecified atom stereocenters. The van der Waals surface area contributed by atoms with Gasteiger partial charge in [-0.15, -0.1) is 11.3 Å². The Labute approximate surface area is 124 Å². The second-order valence-corrected chi connectivity index (χ2v) is 7.42. The summed E-state index contributed by atoms with van der Waals surface area (Å²) in [7, 11) is -0.0827. The number of nitrogens with two attached hydrogens (primary N) is 1. The molecule has 0 saturated carbocycles. The van der Waals surface area contributed by atoms with E-state index in [2.05, 4.69) is 11.8 Å². The van der Waals surface area contributed by atoms with Gasteiger partial charge in [-0.05, 0) is 12.5 Å². The van der Waals surface area contributed by atoms with Crippen LogP contribution in [0, 0.1) is 11.8 Å². The Balaban J connectivity index is 2.60. The largest absolute Gasteiger partial charge is 0.385 e. The molecule has 2 N–H and O–H groups in total. The fourth-order valence-corrected chi connectivity index (χ4v) is 3.62. The molecule has 0 spiro atoms. The second kappa shape index (κ2) is 8.39. The van der Waals surface area contributed by atoms with Crippen LogP contribution in [0.2, 0.25) is 0 Å². The molecule has 112 valence electrons. The highest BCUT2D eigenvalue weighted by Crippen LogP contribution is 2.17. The molecule has 0 fully saturated rings. The molecule has 0 saturated heterocycles. The highest BCUT2D eigenvalue weighted by atomic mass is 32.2. The minimum absolute atomic E-state index is 0.0998. The molecule has 1 aromatic heterocycles. The first kappa shape index (κ1) is 17.1. The van der Waals surface area contributed by atoms with E-state index in [4.69, 9.17) is 10.5 Å². The predicted octanol–water partition coefficient (Wildman–Crippen LogP) is 0.856. The summed E-state index contributed by atoms with van der Waals surface area (Å²) in [4.78, 5) is 0.962. The normalized spacial score (nSPS) is 11.4. The molecule has 20 heavy (non-hydrogen) atoms. The summed E-state index contributed by atoms with van der Waals surface area (Å²) in [6, 6.07) is 1.90. The Morgan fingerprint density at radius 3 is 2.90 bits per heavy atom. The first-order chi connectivity index (χ1) is 9.49. The summed E-state index contributed by atoms with van der Waals surface area (Å²) in [5, 5.41) is 1.91. The van der Waals surface area contributed by atoms with Gasteiger partial charge in [-0.25, -0.2) is 8.42 Å². The molecule has 7 heteroatoms. The van der Waals surface area contributed by atoms with Gasteiger partial charge in [-0.2, -0.15) is 4.31 Å². The number of hydrogen-bond acceptors (Lipinski definition) is 5. The van der Waals surface area contributed by atoms with Crippen molar-refractivity contribution < 1.29 is 13.2 Å². The molecule has 1 aromatic rings. The number of nitrogens with zero attached hydrogens (tertiary/aromatic N) is 1. The van der Waals surface area contributed by atoms with Crippen molar-refractivity contribution in [1.29, 1.82) is 0 Å². The Bertz CT molecular complexity index is 570. The molecule has 1 heterocycles. The number of ether oxygens (including phenoxy) is 1. The van der Waals surface area contributed by atoms with Gasteiger partial charge in [0.25, 0.3) is 0 Å². The fraction of sp³-hybridized carbons (Fsp3) is 0.538. The van der Waals surface area contributed by atoms with E-state index in [0.29, 0.717) is 26.1 Å². The molecule has 0 radical (unpaired) electrons. The van der Waals surface area contributed by atoms with Crippen LogP contribution in [-0.2, 0) is 21.3 Å². The molecule has 0 amide bonds. The molecule has 0 aromatic carbocycles. The summed E-state index contributed by atoms with van der Waals surface area (Å²) in [5.74, 6) is 5.80. The van der Waals surface area contributed by atoms with Gasteiger partial charge >= 0.3 is 0 Å². The fourth-order valence-electron chi connectivity index (χ4n) is 1.54. The van der Waals surface area contributed by atoms with Crippen LogP contribution in [0.3, 0.4) is 0 Å². The lowest BCUT2D eigenvalue weighted by molar-refractivity contribution is 0.199. The van der Waals surface area contributed by atoms with Crippen molar-refractivity contribution in [2.75, 3.05) is 33.1 Å². The predicted molar refractivity (Wildman–Crippen MR) is 82.0 cm³/mol. The van der Waals surface area contributed by atoms with Crippen LogP contribution >= 0.6 is 11.3 Å². The van der Waals surface area contributed by atoms with Crippen LogP contribution in [-0.4, -0.2) is 45.8 Å². The maximum Gasteiger partial charge on any atom is 0.214 e. The first-order valence-corrected chi connectivity index (χ1v) is 8.67. The number of rotatable bonds is 7. The smallest absolute Gasteiger partial charge is 0.214 e. The Hall–Kier alpha value is -0.910. The third-order valence-electron chi connectivity index (χ3n) is 2.59. The zero-order valence-electron chi connectivity index (χ0n) is 11.8. The zero-order chi connectivity index (χ0) is 15.0. The molecular formula is C13H20N2O3S2. The summed E-state index contributed by atoms with van der Waals surface area (Å²) < 4.78 is 30.3. The monoisotopic (exact) mass is 316 g/mol. The van der Waals surface area contributed by atoms with Crippen molar-refractivity contribution >= 4 is 21.4 Å². The minimum Gasteiger partial charge on any atom is -0.385 e. The van der Waals surface area contributed by atoms with Gasteiger partial charge in [-0.1, -0.05) is 11.8 Å². The van der Waals surface area contributed by atoms with Gasteiger partial charge in [0.2, 0.25) is 10.0 Å². The van der Waals surface area contributed by atoms with Gasteiger partial charge < -0.3 is 10.5 Å². The van der Waals surface area contributed by atoms with Crippen LogP contribution in [0.15, 0.2) is 11.4 Å². The van der Waals surface area contributed by atoms with E-state index in [1.54, 1.807) is 14.2 Å². The van der Waals surface area contributed by atoms with Crippen LogP contribution in [0.4, 0.5) is 0 Å². The van der Waals surface area contributed by atoms with E-state index < -0.39 is 10.0 Å². The highest BCUT2D eigenvalue weighted by Gasteiger charge is 2.18. The lowest BCUT2D eigenvalue weighted by Crippen LogP contribution is -2.28. The first-order valence-electron chi connectivity index (χ1n) is 6.19. The van der Waals surface area contributed by atoms with E-state index in [0.717, 1.165) is 10.4 Å². The molecule has 0 aliphatic heterocycles. The standard InChI is InChI=1S/C13H20N2O3S2/c1-15(20(16,17)8-4-7-18-2)10-13-9-12(11-19-13)5-3-6-14/h9,11H,4,6-8,10,14H2,1-2H3. The maximum absolute atomic E-state index is 12.0. The Morgan fingerprint density at radius 2 is 2.25 bits per heavy atom. The average Bonchev–Trinajstić information content (AvgIpc) is 2.84. The van der Waals surface area contributed by atoms with Crippen molar-refractivity contribution in [3.8, 4) is 11.8 Å². The summed E-state index contributed by atoms with van der Waals surface area (Å²) in [5.41, 5.74) is 6.19. The van der Waals surface area contributed by atoms with Crippen molar-refractivity contribution in [3.63, 3.8) is 0 Å². The van der Waals surface area contributed by atoms with Crippen molar-refractivity contribution in [2.24, 2.45) is 5.73 Å². The van der Waals surface area contributed by atoms with E-state index in [1.165, 1.54) is 15.6 Å². The van der Waals surface area contributed by atoms with Crippen LogP contribution in [0.1, 0.15) is 16.9 Å². The molecule has 0 aliphatic rings. The van der Waals surface area contributed by atoms with E-state index in [1.807, 2.05) is 11.4 Å². The Kier molecular flexibility index (Phi) is 7.19. The number of hydrogen-bond donors (Lipinski definition) is 1. The van der Waals surface area contributed by atoms with Gasteiger partial charge in [-0.3, -0.25) is 0 Å². The topological polar surface area (TPSA) is 72.6 Å². The molecule has 0 bridgehead atoms. The number of sulfonamides is 1. The quantitative estimate of drug-likeness (QED) is 0.598. The third kappa shape index (κ3) is 5.61. The molecule has 0 aliphatic carbocycles. The van der Waals surface area contributed by atoms with Crippen LogP contribution < -0.4 is 5.73 Å². The van der Waals surface area contributed by atoms with Gasteiger partial charge in [0.05, 0.1) is 12.3 Å². The summed E-state index contributed by atoms with van der Waals surface area (Å²) in [6.07, 6.45) is 0.501. The molecule has 0 atom stereocenters. The number of methoxy groups -OCH3 is 1. The van der Waals surface area contributed by atoms with Gasteiger partial charge in [0, 0.05) is 43.1 Å². The van der Waals surface area contributed by atoms with Gasteiger partial charge in [0.1, 0.15) is 0 Å². The SMILES string of the molecule is COCCCS(=O)(=O)N(C)Cc1cc(C#CCN)cs1. The third-order valence-corrected chi connectivity index (χ3v) is 5.40. The molecule has 1 rings (SSSR count). The number of thiophene rings is 1. The minimum atomic E-state index is -3.23. The van der Waals surface area contributed by atoms with Crippen molar-refractivity contribution in [2.45, 2.75) is 13.0 Å². The molecular weight excluding hydrogens is 296 g/mol. The van der Waals surface area contributed by atoms with Crippen molar-refractivity contribution in [3.05, 3.63) is 21.9 Å². The lowest BCUT2D eigenvalue weighted by Gasteiger charge is -2.15. The van der Waals surface area contributed by atoms with E-state index in [9.17, 15) is 8.42 Å². The highest BCUT2D eigenvalue weighted by molar-refractivity contribution is 7.89. The van der Waals surface area contributed by atoms with Crippen LogP contribution in [0.25, 0.3) is 0 Å². The van der Waals surface area contributed by atoms with E-state index >= 15 is 0 Å². The maximum atomic E-state index is 12.0. The lowest BCUT2D eigenvalue weighted by atomic mass is 10.3. The zero-order valence-corrected chi connectivity index (χ0v) is 13.4. The second-order valence-electron chi connectivity index (χ2n) is 4.23. The average molecular weight is 316 g/mol. The Morgan fingerprint density at radius 1 is 1.50 bits per heavy atom. The van der Waals surface area contributed by atoms with Crippen LogP contribution in [0.5, 0.6) is 0 Å². The van der Waals surface area contributed by atoms with E-state index in [-0.39, 0.29) is 5.75 Å². The van der Waals surface area contributed by atoms with Gasteiger partial charge in [0.15, 0.2) is 0 Å². The summed E-state index contributed by atoms with van der Waals surface area (Å²) in [6.45, 7) is 1.13.